The molecule has 2 heterocycles. The number of phenolic OH excluding ortho intramolecular Hbond substituents is 2. The van der Waals surface area contributed by atoms with Gasteiger partial charge in [0.05, 0.1) is 11.3 Å². The first-order chi connectivity index (χ1) is 12.1. The van der Waals surface area contributed by atoms with Crippen LogP contribution in [0.5, 0.6) is 11.5 Å². The first kappa shape index (κ1) is 15.9. The van der Waals surface area contributed by atoms with E-state index >= 15 is 0 Å². The van der Waals surface area contributed by atoms with Gasteiger partial charge in [-0.2, -0.15) is 0 Å². The van der Waals surface area contributed by atoms with Crippen LogP contribution in [0.1, 0.15) is 10.9 Å². The molecule has 0 spiro atoms. The summed E-state index contributed by atoms with van der Waals surface area (Å²) in [6.07, 6.45) is 0. The molecule has 1 saturated heterocycles. The van der Waals surface area contributed by atoms with Crippen LogP contribution >= 0.6 is 23.1 Å². The molecule has 1 aliphatic heterocycles. The summed E-state index contributed by atoms with van der Waals surface area (Å²) in [5.41, 5.74) is 1.41. The highest BCUT2D eigenvalue weighted by molar-refractivity contribution is 8.00. The number of anilines is 1. The molecule has 4 rings (SSSR count). The lowest BCUT2D eigenvalue weighted by Crippen LogP contribution is -2.27. The van der Waals surface area contributed by atoms with E-state index in [1.54, 1.807) is 41.3 Å². The second-order valence-corrected chi connectivity index (χ2v) is 7.45. The molecule has 8 heteroatoms. The van der Waals surface area contributed by atoms with Gasteiger partial charge < -0.3 is 10.2 Å². The number of para-hydroxylation sites is 1. The van der Waals surface area contributed by atoms with Crippen LogP contribution in [0.3, 0.4) is 0 Å². The number of phenols is 2. The van der Waals surface area contributed by atoms with Gasteiger partial charge in [-0.25, -0.2) is 0 Å². The van der Waals surface area contributed by atoms with Crippen molar-refractivity contribution in [1.82, 2.24) is 10.2 Å². The Morgan fingerprint density at radius 2 is 1.92 bits per heavy atom. The van der Waals surface area contributed by atoms with Crippen LogP contribution in [0.15, 0.2) is 48.5 Å². The molecule has 0 aliphatic carbocycles. The summed E-state index contributed by atoms with van der Waals surface area (Å²) >= 11 is 2.73. The fourth-order valence-electron chi connectivity index (χ4n) is 2.63. The Balaban J connectivity index is 1.70. The number of carbonyl (C=O) groups excluding carboxylic acids is 1. The zero-order valence-corrected chi connectivity index (χ0v) is 14.5. The highest BCUT2D eigenvalue weighted by Crippen LogP contribution is 2.44. The predicted molar refractivity (Wildman–Crippen MR) is 97.8 cm³/mol. The van der Waals surface area contributed by atoms with Crippen molar-refractivity contribution >= 4 is 34.1 Å². The van der Waals surface area contributed by atoms with Gasteiger partial charge in [-0.3, -0.25) is 9.69 Å². The van der Waals surface area contributed by atoms with Crippen molar-refractivity contribution in [3.05, 3.63) is 54.1 Å². The number of nitrogens with zero attached hydrogens (tertiary/aromatic N) is 3. The number of aromatic hydroxyl groups is 2. The van der Waals surface area contributed by atoms with Crippen molar-refractivity contribution < 1.29 is 15.0 Å². The topological polar surface area (TPSA) is 86.5 Å². The molecule has 3 aromatic rings. The molecular formula is C17H13N3O3S2. The standard InChI is InChI=1S/C17H13N3O3S2/c21-11-5-3-4-10(8-11)16-20(14(23)9-24-16)17-19-18-15(25-17)12-6-1-2-7-13(12)22/h1-8,16,21-22H,9H2. The summed E-state index contributed by atoms with van der Waals surface area (Å²) in [6.45, 7) is 0. The molecular weight excluding hydrogens is 358 g/mol. The lowest BCUT2D eigenvalue weighted by Gasteiger charge is -2.21. The van der Waals surface area contributed by atoms with E-state index in [2.05, 4.69) is 10.2 Å². The molecule has 0 bridgehead atoms. The SMILES string of the molecule is O=C1CSC(c2cccc(O)c2)N1c1nnc(-c2ccccc2O)s1. The number of hydrogen-bond donors (Lipinski definition) is 2. The third-order valence-electron chi connectivity index (χ3n) is 3.78. The average molecular weight is 371 g/mol. The molecule has 1 fully saturated rings. The van der Waals surface area contributed by atoms with Crippen molar-refractivity contribution in [3.8, 4) is 22.1 Å². The van der Waals surface area contributed by atoms with E-state index in [9.17, 15) is 15.0 Å². The van der Waals surface area contributed by atoms with Crippen LogP contribution in [0.4, 0.5) is 5.13 Å². The van der Waals surface area contributed by atoms with Gasteiger partial charge >= 0.3 is 0 Å². The second-order valence-electron chi connectivity index (χ2n) is 5.43. The van der Waals surface area contributed by atoms with Gasteiger partial charge in [0.25, 0.3) is 0 Å². The Kier molecular flexibility index (Phi) is 4.06. The van der Waals surface area contributed by atoms with E-state index in [1.165, 1.54) is 23.1 Å². The number of benzene rings is 2. The van der Waals surface area contributed by atoms with Crippen molar-refractivity contribution in [1.29, 1.82) is 0 Å². The van der Waals surface area contributed by atoms with Gasteiger partial charge in [0.2, 0.25) is 11.0 Å². The van der Waals surface area contributed by atoms with Crippen LogP contribution < -0.4 is 4.90 Å². The number of hydrogen-bond acceptors (Lipinski definition) is 7. The van der Waals surface area contributed by atoms with E-state index in [1.807, 2.05) is 12.1 Å². The fraction of sp³-hybridized carbons (Fsp3) is 0.118. The molecule has 1 aromatic heterocycles. The van der Waals surface area contributed by atoms with Crippen LogP contribution in [-0.2, 0) is 4.79 Å². The first-order valence-corrected chi connectivity index (χ1v) is 9.34. The lowest BCUT2D eigenvalue weighted by atomic mass is 10.2. The van der Waals surface area contributed by atoms with Crippen LogP contribution in [0.2, 0.25) is 0 Å². The van der Waals surface area contributed by atoms with Gasteiger partial charge in [-0.15, -0.1) is 22.0 Å². The number of aromatic nitrogens is 2. The largest absolute Gasteiger partial charge is 0.508 e. The number of amides is 1. The molecule has 0 radical (unpaired) electrons. The molecule has 1 unspecified atom stereocenters. The van der Waals surface area contributed by atoms with Gasteiger partial charge in [-0.05, 0) is 29.8 Å². The molecule has 2 aromatic carbocycles. The normalized spacial score (nSPS) is 17.2. The fourth-order valence-corrected chi connectivity index (χ4v) is 4.77. The Bertz CT molecular complexity index is 944. The zero-order valence-electron chi connectivity index (χ0n) is 12.9. The number of thioether (sulfide) groups is 1. The lowest BCUT2D eigenvalue weighted by molar-refractivity contribution is -0.115. The van der Waals surface area contributed by atoms with Crippen LogP contribution in [0, 0.1) is 0 Å². The summed E-state index contributed by atoms with van der Waals surface area (Å²) in [4.78, 5) is 14.0. The molecule has 2 N–H and O–H groups in total. The molecule has 25 heavy (non-hydrogen) atoms. The number of carbonyl (C=O) groups is 1. The van der Waals surface area contributed by atoms with Crippen molar-refractivity contribution in [2.75, 3.05) is 10.7 Å². The van der Waals surface area contributed by atoms with E-state index in [0.29, 0.717) is 21.5 Å². The summed E-state index contributed by atoms with van der Waals surface area (Å²) < 4.78 is 0. The summed E-state index contributed by atoms with van der Waals surface area (Å²) in [5.74, 6) is 0.561. The Morgan fingerprint density at radius 3 is 2.72 bits per heavy atom. The van der Waals surface area contributed by atoms with Gasteiger partial charge in [0.15, 0.2) is 5.01 Å². The highest BCUT2D eigenvalue weighted by atomic mass is 32.2. The molecule has 0 saturated carbocycles. The smallest absolute Gasteiger partial charge is 0.240 e. The van der Waals surface area contributed by atoms with Crippen molar-refractivity contribution in [2.45, 2.75) is 5.37 Å². The maximum atomic E-state index is 12.4. The third-order valence-corrected chi connectivity index (χ3v) is 5.95. The van der Waals surface area contributed by atoms with Crippen LogP contribution in [0.25, 0.3) is 10.6 Å². The van der Waals surface area contributed by atoms with Gasteiger partial charge in [-0.1, -0.05) is 35.6 Å². The minimum absolute atomic E-state index is 0.0571. The van der Waals surface area contributed by atoms with E-state index < -0.39 is 0 Å². The van der Waals surface area contributed by atoms with Crippen molar-refractivity contribution in [3.63, 3.8) is 0 Å². The quantitative estimate of drug-likeness (QED) is 0.734. The first-order valence-electron chi connectivity index (χ1n) is 7.48. The zero-order chi connectivity index (χ0) is 17.4. The Labute approximate surface area is 151 Å². The summed E-state index contributed by atoms with van der Waals surface area (Å²) in [6, 6.07) is 13.7. The number of rotatable bonds is 3. The summed E-state index contributed by atoms with van der Waals surface area (Å²) in [5, 5.41) is 28.7. The predicted octanol–water partition coefficient (Wildman–Crippen LogP) is 3.39. The minimum atomic E-state index is -0.259. The average Bonchev–Trinajstić information content (AvgIpc) is 3.22. The highest BCUT2D eigenvalue weighted by Gasteiger charge is 2.36. The second kappa shape index (κ2) is 6.38. The summed E-state index contributed by atoms with van der Waals surface area (Å²) in [7, 11) is 0. The molecule has 1 aliphatic rings. The Hall–Kier alpha value is -2.58. The Morgan fingerprint density at radius 1 is 1.08 bits per heavy atom. The minimum Gasteiger partial charge on any atom is -0.508 e. The van der Waals surface area contributed by atoms with E-state index in [0.717, 1.165) is 5.56 Å². The molecule has 1 amide bonds. The molecule has 6 nitrogen and oxygen atoms in total. The van der Waals surface area contributed by atoms with E-state index in [-0.39, 0.29) is 22.8 Å². The molecule has 126 valence electrons. The van der Waals surface area contributed by atoms with Gasteiger partial charge in [0.1, 0.15) is 16.9 Å². The maximum Gasteiger partial charge on any atom is 0.240 e. The van der Waals surface area contributed by atoms with Crippen molar-refractivity contribution in [2.24, 2.45) is 0 Å². The molecule has 1 atom stereocenters. The van der Waals surface area contributed by atoms with Gasteiger partial charge in [0, 0.05) is 0 Å². The monoisotopic (exact) mass is 371 g/mol. The maximum absolute atomic E-state index is 12.4. The van der Waals surface area contributed by atoms with E-state index in [4.69, 9.17) is 0 Å². The van der Waals surface area contributed by atoms with Crippen LogP contribution in [-0.4, -0.2) is 32.1 Å². The third kappa shape index (κ3) is 2.94.